The summed E-state index contributed by atoms with van der Waals surface area (Å²) in [6.45, 7) is 2.15. The van der Waals surface area contributed by atoms with Gasteiger partial charge in [0.2, 0.25) is 0 Å². The van der Waals surface area contributed by atoms with Crippen molar-refractivity contribution < 1.29 is 5.11 Å². The topological polar surface area (TPSA) is 32.3 Å². The Balaban J connectivity index is 2.89. The molecule has 14 heavy (non-hydrogen) atoms. The highest BCUT2D eigenvalue weighted by molar-refractivity contribution is 14.1. The number of nitrogens with one attached hydrogen (secondary N) is 1. The maximum atomic E-state index is 9.59. The van der Waals surface area contributed by atoms with Crippen LogP contribution in [0.15, 0.2) is 12.1 Å². The summed E-state index contributed by atoms with van der Waals surface area (Å²) in [4.78, 5) is 0. The Morgan fingerprint density at radius 2 is 1.86 bits per heavy atom. The first-order valence-corrected chi connectivity index (χ1v) is 6.54. The lowest BCUT2D eigenvalue weighted by molar-refractivity contribution is 0.467. The molecular weight excluding hydrogens is 404 g/mol. The molecule has 0 aliphatic carbocycles. The lowest BCUT2D eigenvalue weighted by Crippen LogP contribution is -2.23. The van der Waals surface area contributed by atoms with Gasteiger partial charge in [0.1, 0.15) is 5.75 Å². The van der Waals surface area contributed by atoms with E-state index in [0.717, 1.165) is 13.6 Å². The van der Waals surface area contributed by atoms with Crippen LogP contribution in [-0.2, 0) is 6.42 Å². The Morgan fingerprint density at radius 1 is 1.36 bits per heavy atom. The number of halogens is 2. The molecule has 1 rings (SSSR count). The minimum absolute atomic E-state index is 0.395. The van der Waals surface area contributed by atoms with E-state index < -0.39 is 0 Å². The Labute approximate surface area is 112 Å². The van der Waals surface area contributed by atoms with Crippen LogP contribution in [0.3, 0.4) is 0 Å². The monoisotopic (exact) mass is 417 g/mol. The summed E-state index contributed by atoms with van der Waals surface area (Å²) < 4.78 is 1.85. The molecule has 0 heterocycles. The SMILES string of the molecule is CNC(C)Cc1cc(I)c(O)c(I)c1. The third-order valence-electron chi connectivity index (χ3n) is 2.11. The molecular formula is C10H13I2NO. The lowest BCUT2D eigenvalue weighted by Gasteiger charge is -2.11. The highest BCUT2D eigenvalue weighted by Crippen LogP contribution is 2.27. The van der Waals surface area contributed by atoms with Crippen LogP contribution in [0.5, 0.6) is 5.75 Å². The van der Waals surface area contributed by atoms with Gasteiger partial charge >= 0.3 is 0 Å². The van der Waals surface area contributed by atoms with Crippen molar-refractivity contribution in [1.29, 1.82) is 0 Å². The van der Waals surface area contributed by atoms with Gasteiger partial charge in [-0.15, -0.1) is 0 Å². The van der Waals surface area contributed by atoms with Gasteiger partial charge in [-0.2, -0.15) is 0 Å². The first-order valence-electron chi connectivity index (χ1n) is 4.38. The Kier molecular flexibility index (Phi) is 4.92. The largest absolute Gasteiger partial charge is 0.506 e. The van der Waals surface area contributed by atoms with E-state index in [-0.39, 0.29) is 0 Å². The Bertz CT molecular complexity index is 305. The molecule has 0 aliphatic rings. The zero-order valence-electron chi connectivity index (χ0n) is 8.14. The molecule has 1 unspecified atom stereocenters. The number of rotatable bonds is 3. The lowest BCUT2D eigenvalue weighted by atomic mass is 10.1. The van der Waals surface area contributed by atoms with E-state index in [4.69, 9.17) is 0 Å². The van der Waals surface area contributed by atoms with Gasteiger partial charge in [0.05, 0.1) is 7.14 Å². The van der Waals surface area contributed by atoms with Crippen molar-refractivity contribution in [1.82, 2.24) is 5.32 Å². The molecule has 2 N–H and O–H groups in total. The number of hydrogen-bond acceptors (Lipinski definition) is 2. The summed E-state index contributed by atoms with van der Waals surface area (Å²) in [5.41, 5.74) is 1.26. The van der Waals surface area contributed by atoms with Gasteiger partial charge in [0.25, 0.3) is 0 Å². The van der Waals surface area contributed by atoms with E-state index in [2.05, 4.69) is 57.4 Å². The smallest absolute Gasteiger partial charge is 0.142 e. The Morgan fingerprint density at radius 3 is 2.29 bits per heavy atom. The fourth-order valence-electron chi connectivity index (χ4n) is 1.19. The number of benzene rings is 1. The minimum atomic E-state index is 0.395. The number of phenols is 1. The van der Waals surface area contributed by atoms with Crippen molar-refractivity contribution in [3.8, 4) is 5.75 Å². The normalized spacial score (nSPS) is 12.9. The zero-order chi connectivity index (χ0) is 10.7. The molecule has 0 saturated heterocycles. The van der Waals surface area contributed by atoms with Gasteiger partial charge in [-0.1, -0.05) is 0 Å². The molecule has 0 amide bonds. The average molecular weight is 417 g/mol. The van der Waals surface area contributed by atoms with Gasteiger partial charge in [0.15, 0.2) is 0 Å². The zero-order valence-corrected chi connectivity index (χ0v) is 12.5. The fourth-order valence-corrected chi connectivity index (χ4v) is 3.09. The molecule has 0 aromatic heterocycles. The maximum Gasteiger partial charge on any atom is 0.142 e. The summed E-state index contributed by atoms with van der Waals surface area (Å²) >= 11 is 4.32. The van der Waals surface area contributed by atoms with Gasteiger partial charge in [-0.05, 0) is 83.3 Å². The first-order chi connectivity index (χ1) is 6.54. The standard InChI is InChI=1S/C10H13I2NO/c1-6(13-2)3-7-4-8(11)10(14)9(12)5-7/h4-6,13-14H,3H2,1-2H3. The number of likely N-dealkylation sites (N-methyl/N-ethyl adjacent to an activating group) is 1. The van der Waals surface area contributed by atoms with Crippen LogP contribution in [-0.4, -0.2) is 18.2 Å². The van der Waals surface area contributed by atoms with E-state index in [9.17, 15) is 5.11 Å². The van der Waals surface area contributed by atoms with Gasteiger partial charge in [-0.25, -0.2) is 0 Å². The molecule has 0 fully saturated rings. The molecule has 4 heteroatoms. The van der Waals surface area contributed by atoms with Crippen molar-refractivity contribution in [3.63, 3.8) is 0 Å². The molecule has 78 valence electrons. The van der Waals surface area contributed by atoms with Gasteiger partial charge in [0, 0.05) is 6.04 Å². The summed E-state index contributed by atoms with van der Waals surface area (Å²) in [5.74, 6) is 0.395. The van der Waals surface area contributed by atoms with Crippen LogP contribution >= 0.6 is 45.2 Å². The highest BCUT2D eigenvalue weighted by atomic mass is 127. The Hall–Kier alpha value is 0.440. The molecule has 0 radical (unpaired) electrons. The summed E-state index contributed by atoms with van der Waals surface area (Å²) in [7, 11) is 1.96. The summed E-state index contributed by atoms with van der Waals surface area (Å²) in [6.07, 6.45) is 0.989. The quantitative estimate of drug-likeness (QED) is 0.742. The summed E-state index contributed by atoms with van der Waals surface area (Å²) in [6, 6.07) is 4.53. The van der Waals surface area contributed by atoms with Crippen molar-refractivity contribution >= 4 is 45.2 Å². The highest BCUT2D eigenvalue weighted by Gasteiger charge is 2.07. The van der Waals surface area contributed by atoms with Crippen molar-refractivity contribution in [3.05, 3.63) is 24.8 Å². The van der Waals surface area contributed by atoms with Crippen LogP contribution in [0.4, 0.5) is 0 Å². The van der Waals surface area contributed by atoms with Crippen LogP contribution in [0.25, 0.3) is 0 Å². The number of hydrogen-bond donors (Lipinski definition) is 2. The van der Waals surface area contributed by atoms with E-state index in [0.29, 0.717) is 11.8 Å². The van der Waals surface area contributed by atoms with Crippen LogP contribution < -0.4 is 5.32 Å². The molecule has 2 nitrogen and oxygen atoms in total. The number of phenolic OH excluding ortho intramolecular Hbond substituents is 1. The van der Waals surface area contributed by atoms with E-state index in [1.54, 1.807) is 0 Å². The third kappa shape index (κ3) is 3.23. The number of aromatic hydroxyl groups is 1. The van der Waals surface area contributed by atoms with Gasteiger partial charge in [-0.3, -0.25) is 0 Å². The first kappa shape index (κ1) is 12.5. The predicted molar refractivity (Wildman–Crippen MR) is 75.8 cm³/mol. The van der Waals surface area contributed by atoms with Crippen molar-refractivity contribution in [2.45, 2.75) is 19.4 Å². The van der Waals surface area contributed by atoms with E-state index in [1.807, 2.05) is 19.2 Å². The minimum Gasteiger partial charge on any atom is -0.506 e. The molecule has 0 bridgehead atoms. The molecule has 1 atom stereocenters. The second-order valence-electron chi connectivity index (χ2n) is 3.30. The van der Waals surface area contributed by atoms with Crippen LogP contribution in [0.2, 0.25) is 0 Å². The predicted octanol–water partition coefficient (Wildman–Crippen LogP) is 2.75. The molecule has 0 aliphatic heterocycles. The fraction of sp³-hybridized carbons (Fsp3) is 0.400. The van der Waals surface area contributed by atoms with Crippen LogP contribution in [0, 0.1) is 7.14 Å². The second kappa shape index (κ2) is 5.50. The van der Waals surface area contributed by atoms with E-state index in [1.165, 1.54) is 5.56 Å². The van der Waals surface area contributed by atoms with Gasteiger partial charge < -0.3 is 10.4 Å². The molecule has 1 aromatic rings. The molecule has 0 spiro atoms. The van der Waals surface area contributed by atoms with Crippen molar-refractivity contribution in [2.24, 2.45) is 0 Å². The third-order valence-corrected chi connectivity index (χ3v) is 3.76. The second-order valence-corrected chi connectivity index (χ2v) is 5.63. The molecule has 1 aromatic carbocycles. The van der Waals surface area contributed by atoms with E-state index >= 15 is 0 Å². The summed E-state index contributed by atoms with van der Waals surface area (Å²) in [5, 5.41) is 12.8. The average Bonchev–Trinajstić information content (AvgIpc) is 2.14. The maximum absolute atomic E-state index is 9.59. The molecule has 0 saturated carbocycles. The van der Waals surface area contributed by atoms with Crippen molar-refractivity contribution in [2.75, 3.05) is 7.05 Å². The van der Waals surface area contributed by atoms with Crippen LogP contribution in [0.1, 0.15) is 12.5 Å².